The Bertz CT molecular complexity index is 668. The van der Waals surface area contributed by atoms with Crippen molar-refractivity contribution in [2.75, 3.05) is 33.4 Å². The third kappa shape index (κ3) is 4.17. The normalized spacial score (nSPS) is 23.7. The molecule has 0 radical (unpaired) electrons. The lowest BCUT2D eigenvalue weighted by Crippen LogP contribution is -2.41. The SMILES string of the molecule is COC[C@@H]1CC2(CCN(Cc3cccs3)CC2)CN1Cc1ccccn1. The first kappa shape index (κ1) is 18.1. The Hall–Kier alpha value is -1.27. The highest BCUT2D eigenvalue weighted by molar-refractivity contribution is 7.09. The van der Waals surface area contributed by atoms with Gasteiger partial charge in [-0.15, -0.1) is 11.3 Å². The number of rotatable bonds is 6. The van der Waals surface area contributed by atoms with E-state index in [0.29, 0.717) is 11.5 Å². The van der Waals surface area contributed by atoms with E-state index < -0.39 is 0 Å². The molecule has 0 amide bonds. The minimum atomic E-state index is 0.462. The molecule has 0 aliphatic carbocycles. The van der Waals surface area contributed by atoms with Crippen LogP contribution >= 0.6 is 11.3 Å². The Labute approximate surface area is 160 Å². The molecule has 5 heteroatoms. The van der Waals surface area contributed by atoms with E-state index in [4.69, 9.17) is 4.74 Å². The first-order chi connectivity index (χ1) is 12.8. The van der Waals surface area contributed by atoms with E-state index in [1.165, 1.54) is 49.5 Å². The van der Waals surface area contributed by atoms with E-state index in [2.05, 4.69) is 44.4 Å². The van der Waals surface area contributed by atoms with Crippen molar-refractivity contribution in [1.29, 1.82) is 0 Å². The van der Waals surface area contributed by atoms with Gasteiger partial charge in [0, 0.05) is 43.9 Å². The lowest BCUT2D eigenvalue weighted by molar-refractivity contribution is 0.102. The summed E-state index contributed by atoms with van der Waals surface area (Å²) in [6.07, 6.45) is 5.77. The minimum absolute atomic E-state index is 0.462. The van der Waals surface area contributed by atoms with Crippen molar-refractivity contribution < 1.29 is 4.74 Å². The van der Waals surface area contributed by atoms with Gasteiger partial charge in [-0.25, -0.2) is 0 Å². The van der Waals surface area contributed by atoms with Gasteiger partial charge in [0.15, 0.2) is 0 Å². The highest BCUT2D eigenvalue weighted by Crippen LogP contribution is 2.44. The third-order valence-corrected chi connectivity index (χ3v) is 6.91. The summed E-state index contributed by atoms with van der Waals surface area (Å²) in [6, 6.07) is 11.2. The minimum Gasteiger partial charge on any atom is -0.383 e. The molecule has 0 unspecified atom stereocenters. The largest absolute Gasteiger partial charge is 0.383 e. The van der Waals surface area contributed by atoms with Crippen molar-refractivity contribution >= 4 is 11.3 Å². The Balaban J connectivity index is 1.38. The summed E-state index contributed by atoms with van der Waals surface area (Å²) >= 11 is 1.88. The van der Waals surface area contributed by atoms with Crippen LogP contribution in [0.25, 0.3) is 0 Å². The Morgan fingerprint density at radius 2 is 2.08 bits per heavy atom. The second-order valence-electron chi connectivity index (χ2n) is 7.89. The van der Waals surface area contributed by atoms with Crippen LogP contribution in [-0.4, -0.2) is 54.2 Å². The predicted octanol–water partition coefficient (Wildman–Crippen LogP) is 3.65. The molecule has 4 heterocycles. The van der Waals surface area contributed by atoms with Crippen molar-refractivity contribution in [3.05, 3.63) is 52.5 Å². The fourth-order valence-corrected chi connectivity index (χ4v) is 5.41. The number of hydrogen-bond acceptors (Lipinski definition) is 5. The van der Waals surface area contributed by atoms with Crippen LogP contribution in [0.2, 0.25) is 0 Å². The third-order valence-electron chi connectivity index (χ3n) is 6.05. The predicted molar refractivity (Wildman–Crippen MR) is 106 cm³/mol. The van der Waals surface area contributed by atoms with Crippen LogP contribution in [0, 0.1) is 5.41 Å². The standard InChI is InChI=1S/C21H29N3OS/c1-25-16-19-13-21(17-24(19)14-18-5-2-3-9-22-18)7-10-23(11-8-21)15-20-6-4-12-26-20/h2-6,9,12,19H,7-8,10-11,13-17H2,1H3/t19-/m0/s1. The number of likely N-dealkylation sites (tertiary alicyclic amines) is 2. The van der Waals surface area contributed by atoms with Gasteiger partial charge in [0.25, 0.3) is 0 Å². The molecule has 140 valence electrons. The van der Waals surface area contributed by atoms with Crippen LogP contribution < -0.4 is 0 Å². The number of nitrogens with zero attached hydrogens (tertiary/aromatic N) is 3. The summed E-state index contributed by atoms with van der Waals surface area (Å²) in [7, 11) is 1.83. The fourth-order valence-electron chi connectivity index (χ4n) is 4.67. The summed E-state index contributed by atoms with van der Waals surface area (Å²) in [5.41, 5.74) is 1.63. The molecule has 0 N–H and O–H groups in total. The molecular formula is C21H29N3OS. The number of pyridine rings is 1. The monoisotopic (exact) mass is 371 g/mol. The van der Waals surface area contributed by atoms with Gasteiger partial charge < -0.3 is 4.74 Å². The lowest BCUT2D eigenvalue weighted by atomic mass is 9.76. The van der Waals surface area contributed by atoms with Crippen molar-refractivity contribution in [2.24, 2.45) is 5.41 Å². The molecule has 26 heavy (non-hydrogen) atoms. The molecule has 1 spiro atoms. The van der Waals surface area contributed by atoms with Gasteiger partial charge >= 0.3 is 0 Å². The molecule has 2 aromatic rings. The molecule has 0 aromatic carbocycles. The molecule has 2 aromatic heterocycles. The van der Waals surface area contributed by atoms with Crippen LogP contribution in [0.3, 0.4) is 0 Å². The van der Waals surface area contributed by atoms with E-state index in [1.807, 2.05) is 30.7 Å². The second kappa shape index (κ2) is 8.17. The molecule has 4 nitrogen and oxygen atoms in total. The Kier molecular flexibility index (Phi) is 5.69. The zero-order valence-corrected chi connectivity index (χ0v) is 16.5. The number of hydrogen-bond donors (Lipinski definition) is 0. The van der Waals surface area contributed by atoms with Gasteiger partial charge in [-0.05, 0) is 61.3 Å². The van der Waals surface area contributed by atoms with Gasteiger partial charge in [-0.3, -0.25) is 14.8 Å². The Morgan fingerprint density at radius 3 is 2.77 bits per heavy atom. The molecule has 2 fully saturated rings. The highest BCUT2D eigenvalue weighted by Gasteiger charge is 2.45. The molecule has 0 saturated carbocycles. The highest BCUT2D eigenvalue weighted by atomic mass is 32.1. The maximum absolute atomic E-state index is 5.55. The van der Waals surface area contributed by atoms with Gasteiger partial charge in [0.05, 0.1) is 12.3 Å². The van der Waals surface area contributed by atoms with E-state index in [9.17, 15) is 0 Å². The van der Waals surface area contributed by atoms with Crippen LogP contribution in [0.15, 0.2) is 41.9 Å². The first-order valence-electron chi connectivity index (χ1n) is 9.64. The Morgan fingerprint density at radius 1 is 1.19 bits per heavy atom. The van der Waals surface area contributed by atoms with Gasteiger partial charge in [-0.1, -0.05) is 12.1 Å². The topological polar surface area (TPSA) is 28.6 Å². The van der Waals surface area contributed by atoms with Crippen LogP contribution in [0.5, 0.6) is 0 Å². The molecular weight excluding hydrogens is 342 g/mol. The molecule has 2 aliphatic rings. The van der Waals surface area contributed by atoms with Crippen molar-refractivity contribution in [3.8, 4) is 0 Å². The average Bonchev–Trinajstić information content (AvgIpc) is 3.27. The van der Waals surface area contributed by atoms with Crippen LogP contribution in [0.1, 0.15) is 29.8 Å². The van der Waals surface area contributed by atoms with Crippen molar-refractivity contribution in [1.82, 2.24) is 14.8 Å². The zero-order chi connectivity index (χ0) is 17.8. The maximum atomic E-state index is 5.55. The smallest absolute Gasteiger partial charge is 0.0618 e. The summed E-state index contributed by atoms with van der Waals surface area (Å²) in [6.45, 7) is 6.50. The van der Waals surface area contributed by atoms with Crippen LogP contribution in [-0.2, 0) is 17.8 Å². The number of methoxy groups -OCH3 is 1. The first-order valence-corrected chi connectivity index (χ1v) is 10.5. The van der Waals surface area contributed by atoms with Crippen LogP contribution in [0.4, 0.5) is 0 Å². The van der Waals surface area contributed by atoms with Gasteiger partial charge in [-0.2, -0.15) is 0 Å². The zero-order valence-electron chi connectivity index (χ0n) is 15.6. The van der Waals surface area contributed by atoms with E-state index in [0.717, 1.165) is 19.7 Å². The molecule has 4 rings (SSSR count). The van der Waals surface area contributed by atoms with E-state index in [-0.39, 0.29) is 0 Å². The van der Waals surface area contributed by atoms with E-state index >= 15 is 0 Å². The molecule has 2 aliphatic heterocycles. The summed E-state index contributed by atoms with van der Waals surface area (Å²) in [4.78, 5) is 11.3. The maximum Gasteiger partial charge on any atom is 0.0618 e. The molecule has 1 atom stereocenters. The molecule has 2 saturated heterocycles. The number of aromatic nitrogens is 1. The summed E-state index contributed by atoms with van der Waals surface area (Å²) in [5, 5.41) is 2.18. The molecule has 0 bridgehead atoms. The summed E-state index contributed by atoms with van der Waals surface area (Å²) < 4.78 is 5.55. The quantitative estimate of drug-likeness (QED) is 0.775. The van der Waals surface area contributed by atoms with Gasteiger partial charge in [0.2, 0.25) is 0 Å². The van der Waals surface area contributed by atoms with Gasteiger partial charge in [0.1, 0.15) is 0 Å². The average molecular weight is 372 g/mol. The van der Waals surface area contributed by atoms with Crippen molar-refractivity contribution in [3.63, 3.8) is 0 Å². The van der Waals surface area contributed by atoms with Crippen molar-refractivity contribution in [2.45, 2.75) is 38.4 Å². The fraction of sp³-hybridized carbons (Fsp3) is 0.571. The number of piperidine rings is 1. The van der Waals surface area contributed by atoms with E-state index in [1.54, 1.807) is 0 Å². The summed E-state index contributed by atoms with van der Waals surface area (Å²) in [5.74, 6) is 0. The number of ether oxygens (including phenoxy) is 1. The number of thiophene rings is 1. The lowest BCUT2D eigenvalue weighted by Gasteiger charge is -2.39. The second-order valence-corrected chi connectivity index (χ2v) is 8.93.